The van der Waals surface area contributed by atoms with E-state index in [0.717, 1.165) is 56.1 Å². The zero-order chi connectivity index (χ0) is 20.1. The molecule has 4 rings (SSSR count). The summed E-state index contributed by atoms with van der Waals surface area (Å²) in [6.07, 6.45) is 9.09. The van der Waals surface area contributed by atoms with Gasteiger partial charge >= 0.3 is 0 Å². The Hall–Kier alpha value is -2.63. The summed E-state index contributed by atoms with van der Waals surface area (Å²) >= 11 is 0. The molecule has 2 fully saturated rings. The van der Waals surface area contributed by atoms with Gasteiger partial charge in [-0.15, -0.1) is 0 Å². The number of rotatable bonds is 5. The van der Waals surface area contributed by atoms with Crippen LogP contribution < -0.4 is 15.1 Å². The Bertz CT molecular complexity index is 826. The Morgan fingerprint density at radius 3 is 2.66 bits per heavy atom. The Balaban J connectivity index is 1.33. The first-order valence-electron chi connectivity index (χ1n) is 10.8. The molecular weight excluding hydrogens is 362 g/mol. The van der Waals surface area contributed by atoms with Gasteiger partial charge in [0.15, 0.2) is 5.82 Å². The molecule has 0 spiro atoms. The lowest BCUT2D eigenvalue weighted by Crippen LogP contribution is -2.41. The molecular formula is C23H31N5O. The van der Waals surface area contributed by atoms with Crippen LogP contribution in [0.15, 0.2) is 36.8 Å². The maximum Gasteiger partial charge on any atom is 0.223 e. The van der Waals surface area contributed by atoms with Crippen LogP contribution in [0, 0.1) is 12.8 Å². The average Bonchev–Trinajstić information content (AvgIpc) is 2.78. The van der Waals surface area contributed by atoms with Gasteiger partial charge in [0.1, 0.15) is 6.33 Å². The zero-order valence-electron chi connectivity index (χ0n) is 17.3. The molecule has 1 aromatic carbocycles. The van der Waals surface area contributed by atoms with E-state index in [-0.39, 0.29) is 11.8 Å². The predicted octanol–water partition coefficient (Wildman–Crippen LogP) is 3.31. The second kappa shape index (κ2) is 9.25. The topological polar surface area (TPSA) is 61.4 Å². The summed E-state index contributed by atoms with van der Waals surface area (Å²) in [6.45, 7) is 6.57. The van der Waals surface area contributed by atoms with Crippen LogP contribution in [0.2, 0.25) is 0 Å². The van der Waals surface area contributed by atoms with Crippen molar-refractivity contribution in [1.29, 1.82) is 0 Å². The van der Waals surface area contributed by atoms with Crippen LogP contribution in [-0.4, -0.2) is 42.1 Å². The number of nitrogens with zero attached hydrogens (tertiary/aromatic N) is 4. The van der Waals surface area contributed by atoms with Gasteiger partial charge in [-0.2, -0.15) is 0 Å². The van der Waals surface area contributed by atoms with E-state index in [0.29, 0.717) is 6.54 Å². The second-order valence-electron chi connectivity index (χ2n) is 8.25. The van der Waals surface area contributed by atoms with Crippen molar-refractivity contribution in [2.45, 2.75) is 45.6 Å². The van der Waals surface area contributed by atoms with Crippen molar-refractivity contribution >= 4 is 17.4 Å². The number of hydrogen-bond donors (Lipinski definition) is 1. The fourth-order valence-corrected chi connectivity index (χ4v) is 4.43. The zero-order valence-corrected chi connectivity index (χ0v) is 17.3. The van der Waals surface area contributed by atoms with Gasteiger partial charge < -0.3 is 15.1 Å². The van der Waals surface area contributed by atoms with Gasteiger partial charge in [0, 0.05) is 38.6 Å². The standard InChI is InChI=1S/C23H31N5O/c1-18-6-5-7-19(14-18)15-25-23(29)20-8-12-27(13-9-20)21-16-24-17-26-22(21)28-10-3-2-4-11-28/h5-7,14,16-17,20H,2-4,8-13,15H2,1H3,(H,25,29). The molecule has 1 N–H and O–H groups in total. The van der Waals surface area contributed by atoms with Gasteiger partial charge in [-0.1, -0.05) is 29.8 Å². The van der Waals surface area contributed by atoms with Crippen molar-refractivity contribution in [2.24, 2.45) is 5.92 Å². The number of carbonyl (C=O) groups is 1. The minimum Gasteiger partial charge on any atom is -0.367 e. The number of benzene rings is 1. The van der Waals surface area contributed by atoms with Crippen LogP contribution in [0.5, 0.6) is 0 Å². The van der Waals surface area contributed by atoms with Gasteiger partial charge in [-0.25, -0.2) is 9.97 Å². The van der Waals surface area contributed by atoms with E-state index < -0.39 is 0 Å². The second-order valence-corrected chi connectivity index (χ2v) is 8.25. The number of aromatic nitrogens is 2. The van der Waals surface area contributed by atoms with Crippen LogP contribution in [0.1, 0.15) is 43.2 Å². The number of carbonyl (C=O) groups excluding carboxylic acids is 1. The Morgan fingerprint density at radius 2 is 1.90 bits per heavy atom. The predicted molar refractivity (Wildman–Crippen MR) is 116 cm³/mol. The summed E-state index contributed by atoms with van der Waals surface area (Å²) in [6, 6.07) is 8.30. The summed E-state index contributed by atoms with van der Waals surface area (Å²) in [5.74, 6) is 1.31. The lowest BCUT2D eigenvalue weighted by atomic mass is 9.95. The van der Waals surface area contributed by atoms with Gasteiger partial charge in [0.25, 0.3) is 0 Å². The number of hydrogen-bond acceptors (Lipinski definition) is 5. The summed E-state index contributed by atoms with van der Waals surface area (Å²) in [7, 11) is 0. The molecule has 6 nitrogen and oxygen atoms in total. The number of aryl methyl sites for hydroxylation is 1. The van der Waals surface area contributed by atoms with Crippen molar-refractivity contribution in [3.8, 4) is 0 Å². The average molecular weight is 394 g/mol. The van der Waals surface area contributed by atoms with Gasteiger partial charge in [0.05, 0.1) is 11.9 Å². The number of anilines is 2. The molecule has 2 aromatic rings. The highest BCUT2D eigenvalue weighted by Crippen LogP contribution is 2.31. The van der Waals surface area contributed by atoms with Crippen LogP contribution in [0.25, 0.3) is 0 Å². The molecule has 29 heavy (non-hydrogen) atoms. The van der Waals surface area contributed by atoms with Crippen molar-refractivity contribution in [3.05, 3.63) is 47.9 Å². The quantitative estimate of drug-likeness (QED) is 0.844. The first-order valence-corrected chi connectivity index (χ1v) is 10.8. The van der Waals surface area contributed by atoms with Crippen molar-refractivity contribution in [2.75, 3.05) is 36.0 Å². The third kappa shape index (κ3) is 4.86. The van der Waals surface area contributed by atoms with Gasteiger partial charge in [-0.3, -0.25) is 4.79 Å². The highest BCUT2D eigenvalue weighted by atomic mass is 16.1. The molecule has 154 valence electrons. The molecule has 0 bridgehead atoms. The molecule has 6 heteroatoms. The lowest BCUT2D eigenvalue weighted by molar-refractivity contribution is -0.125. The maximum atomic E-state index is 12.7. The maximum absolute atomic E-state index is 12.7. The molecule has 2 aliphatic heterocycles. The van der Waals surface area contributed by atoms with E-state index in [2.05, 4.69) is 50.2 Å². The molecule has 0 aliphatic carbocycles. The Morgan fingerprint density at radius 1 is 1.10 bits per heavy atom. The monoisotopic (exact) mass is 393 g/mol. The molecule has 0 radical (unpaired) electrons. The smallest absolute Gasteiger partial charge is 0.223 e. The van der Waals surface area contributed by atoms with Gasteiger partial charge in [-0.05, 0) is 44.6 Å². The van der Waals surface area contributed by atoms with E-state index in [1.165, 1.54) is 24.8 Å². The summed E-state index contributed by atoms with van der Waals surface area (Å²) in [5, 5.41) is 3.12. The van der Waals surface area contributed by atoms with Crippen LogP contribution >= 0.6 is 0 Å². The van der Waals surface area contributed by atoms with E-state index in [1.807, 2.05) is 12.3 Å². The molecule has 2 saturated heterocycles. The number of piperidine rings is 2. The third-order valence-corrected chi connectivity index (χ3v) is 6.08. The van der Waals surface area contributed by atoms with Crippen LogP contribution in [0.3, 0.4) is 0 Å². The Labute approximate surface area is 173 Å². The summed E-state index contributed by atoms with van der Waals surface area (Å²) < 4.78 is 0. The van der Waals surface area contributed by atoms with Crippen molar-refractivity contribution in [1.82, 2.24) is 15.3 Å². The van der Waals surface area contributed by atoms with E-state index in [9.17, 15) is 4.79 Å². The summed E-state index contributed by atoms with van der Waals surface area (Å²) in [5.41, 5.74) is 3.50. The SMILES string of the molecule is Cc1cccc(CNC(=O)C2CCN(c3cncnc3N3CCCCC3)CC2)c1. The van der Waals surface area contributed by atoms with Crippen LogP contribution in [-0.2, 0) is 11.3 Å². The number of amides is 1. The van der Waals surface area contributed by atoms with E-state index in [1.54, 1.807) is 6.33 Å². The largest absolute Gasteiger partial charge is 0.367 e. The normalized spacial score (nSPS) is 18.0. The lowest BCUT2D eigenvalue weighted by Gasteiger charge is -2.36. The van der Waals surface area contributed by atoms with Crippen molar-refractivity contribution in [3.63, 3.8) is 0 Å². The molecule has 1 aromatic heterocycles. The molecule has 0 unspecified atom stereocenters. The Kier molecular flexibility index (Phi) is 6.27. The van der Waals surface area contributed by atoms with Crippen LogP contribution in [0.4, 0.5) is 11.5 Å². The van der Waals surface area contributed by atoms with E-state index >= 15 is 0 Å². The highest BCUT2D eigenvalue weighted by molar-refractivity contribution is 5.79. The molecule has 0 saturated carbocycles. The fourth-order valence-electron chi connectivity index (χ4n) is 4.43. The molecule has 0 atom stereocenters. The van der Waals surface area contributed by atoms with Gasteiger partial charge in [0.2, 0.25) is 5.91 Å². The fraction of sp³-hybridized carbons (Fsp3) is 0.522. The van der Waals surface area contributed by atoms with Crippen molar-refractivity contribution < 1.29 is 4.79 Å². The highest BCUT2D eigenvalue weighted by Gasteiger charge is 2.27. The summed E-state index contributed by atoms with van der Waals surface area (Å²) in [4.78, 5) is 26.3. The first-order chi connectivity index (χ1) is 14.2. The number of nitrogens with one attached hydrogen (secondary N) is 1. The minimum atomic E-state index is 0.0825. The first kappa shape index (κ1) is 19.7. The molecule has 3 heterocycles. The molecule has 1 amide bonds. The molecule has 2 aliphatic rings. The van der Waals surface area contributed by atoms with E-state index in [4.69, 9.17) is 0 Å². The minimum absolute atomic E-state index is 0.0825. The third-order valence-electron chi connectivity index (χ3n) is 6.08.